The van der Waals surface area contributed by atoms with Gasteiger partial charge >= 0.3 is 5.97 Å². The van der Waals surface area contributed by atoms with E-state index in [1.807, 2.05) is 31.2 Å². The van der Waals surface area contributed by atoms with Crippen LogP contribution in [-0.2, 0) is 9.53 Å². The van der Waals surface area contributed by atoms with Crippen LogP contribution in [0.5, 0.6) is 0 Å². The van der Waals surface area contributed by atoms with Gasteiger partial charge in [-0.3, -0.25) is 4.79 Å². The molecule has 0 saturated heterocycles. The summed E-state index contributed by atoms with van der Waals surface area (Å²) in [5.41, 5.74) is 7.48. The summed E-state index contributed by atoms with van der Waals surface area (Å²) in [5.74, 6) is 0.0486. The van der Waals surface area contributed by atoms with E-state index in [0.29, 0.717) is 13.0 Å². The monoisotopic (exact) mass is 235 g/mol. The fourth-order valence-corrected chi connectivity index (χ4v) is 1.58. The van der Waals surface area contributed by atoms with E-state index in [1.165, 1.54) is 0 Å². The Morgan fingerprint density at radius 3 is 2.59 bits per heavy atom. The van der Waals surface area contributed by atoms with Crippen LogP contribution in [-0.4, -0.2) is 12.6 Å². The van der Waals surface area contributed by atoms with Gasteiger partial charge in [-0.15, -0.1) is 0 Å². The third-order valence-corrected chi connectivity index (χ3v) is 2.74. The maximum Gasteiger partial charge on any atom is 0.306 e. The molecule has 0 aliphatic carbocycles. The number of hydrogen-bond acceptors (Lipinski definition) is 3. The minimum absolute atomic E-state index is 0.122. The van der Waals surface area contributed by atoms with Crippen LogP contribution < -0.4 is 5.73 Å². The molecule has 0 bridgehead atoms. The van der Waals surface area contributed by atoms with E-state index in [1.54, 1.807) is 0 Å². The fraction of sp³-hybridized carbons (Fsp3) is 0.500. The first-order chi connectivity index (χ1) is 8.13. The highest BCUT2D eigenvalue weighted by atomic mass is 16.5. The van der Waals surface area contributed by atoms with Gasteiger partial charge in [-0.05, 0) is 30.0 Å². The van der Waals surface area contributed by atoms with Gasteiger partial charge in [0, 0.05) is 5.69 Å². The summed E-state index contributed by atoms with van der Waals surface area (Å²) in [6.07, 6.45) is 2.40. The lowest BCUT2D eigenvalue weighted by molar-refractivity contribution is -0.144. The van der Waals surface area contributed by atoms with Crippen LogP contribution in [0.25, 0.3) is 0 Å². The number of carbonyl (C=O) groups is 1. The van der Waals surface area contributed by atoms with Gasteiger partial charge < -0.3 is 10.5 Å². The van der Waals surface area contributed by atoms with Crippen molar-refractivity contribution >= 4 is 11.7 Å². The fourth-order valence-electron chi connectivity index (χ4n) is 1.58. The molecule has 2 N–H and O–H groups in total. The van der Waals surface area contributed by atoms with Crippen LogP contribution in [0, 0.1) is 0 Å². The molecule has 0 saturated carbocycles. The van der Waals surface area contributed by atoms with Crippen LogP contribution >= 0.6 is 0 Å². The second-order valence-corrected chi connectivity index (χ2v) is 4.35. The average Bonchev–Trinajstić information content (AvgIpc) is 2.30. The molecule has 3 nitrogen and oxygen atoms in total. The van der Waals surface area contributed by atoms with E-state index in [4.69, 9.17) is 10.5 Å². The van der Waals surface area contributed by atoms with Gasteiger partial charge in [-0.1, -0.05) is 32.4 Å². The number of nitrogen functional groups attached to an aromatic ring is 1. The predicted octanol–water partition coefficient (Wildman–Crippen LogP) is 3.11. The van der Waals surface area contributed by atoms with Gasteiger partial charge in [-0.2, -0.15) is 0 Å². The minimum Gasteiger partial charge on any atom is -0.466 e. The van der Waals surface area contributed by atoms with Crippen molar-refractivity contribution in [2.24, 2.45) is 0 Å². The molecular weight excluding hydrogens is 214 g/mol. The van der Waals surface area contributed by atoms with E-state index < -0.39 is 0 Å². The molecule has 0 radical (unpaired) electrons. The van der Waals surface area contributed by atoms with Crippen molar-refractivity contribution in [3.05, 3.63) is 29.8 Å². The zero-order chi connectivity index (χ0) is 12.7. The van der Waals surface area contributed by atoms with E-state index in [2.05, 4.69) is 6.92 Å². The summed E-state index contributed by atoms with van der Waals surface area (Å²) < 4.78 is 5.13. The highest BCUT2D eigenvalue weighted by Gasteiger charge is 2.11. The molecule has 0 fully saturated rings. The molecular formula is C14H21NO2. The zero-order valence-electron chi connectivity index (χ0n) is 10.6. The Morgan fingerprint density at radius 1 is 1.35 bits per heavy atom. The van der Waals surface area contributed by atoms with Crippen molar-refractivity contribution in [3.8, 4) is 0 Å². The number of nitrogens with two attached hydrogens (primary N) is 1. The molecule has 0 aliphatic rings. The first-order valence-electron chi connectivity index (χ1n) is 6.14. The Labute approximate surface area is 103 Å². The Bertz CT molecular complexity index is 346. The Kier molecular flexibility index (Phi) is 5.53. The summed E-state index contributed by atoms with van der Waals surface area (Å²) in [6.45, 7) is 4.63. The number of ether oxygens (including phenoxy) is 1. The molecule has 3 heteroatoms. The van der Waals surface area contributed by atoms with Crippen LogP contribution in [0.4, 0.5) is 5.69 Å². The minimum atomic E-state index is -0.122. The van der Waals surface area contributed by atoms with Gasteiger partial charge in [0.05, 0.1) is 13.0 Å². The summed E-state index contributed by atoms with van der Waals surface area (Å²) in [6, 6.07) is 7.63. The van der Waals surface area contributed by atoms with E-state index in [-0.39, 0.29) is 11.9 Å². The van der Waals surface area contributed by atoms with Crippen LogP contribution in [0.1, 0.15) is 44.6 Å². The van der Waals surface area contributed by atoms with Gasteiger partial charge in [0.1, 0.15) is 0 Å². The van der Waals surface area contributed by atoms with Crippen molar-refractivity contribution in [1.82, 2.24) is 0 Å². The number of esters is 1. The molecule has 1 aromatic rings. The van der Waals surface area contributed by atoms with Crippen molar-refractivity contribution in [1.29, 1.82) is 0 Å². The lowest BCUT2D eigenvalue weighted by Gasteiger charge is -2.11. The second kappa shape index (κ2) is 6.94. The molecule has 1 unspecified atom stereocenters. The Morgan fingerprint density at radius 2 is 2.00 bits per heavy atom. The summed E-state index contributed by atoms with van der Waals surface area (Å²) in [5, 5.41) is 0. The molecule has 1 aromatic carbocycles. The molecule has 94 valence electrons. The number of unbranched alkanes of at least 4 members (excludes halogenated alkanes) is 1. The van der Waals surface area contributed by atoms with Gasteiger partial charge in [-0.25, -0.2) is 0 Å². The summed E-state index contributed by atoms with van der Waals surface area (Å²) in [4.78, 5) is 11.5. The van der Waals surface area contributed by atoms with Crippen molar-refractivity contribution < 1.29 is 9.53 Å². The molecule has 0 aliphatic heterocycles. The molecule has 0 heterocycles. The standard InChI is InChI=1S/C14H21NO2/c1-3-4-9-17-14(16)10-11(2)12-5-7-13(15)8-6-12/h5-8,11H,3-4,9-10,15H2,1-2H3. The van der Waals surface area contributed by atoms with Gasteiger partial charge in [0.2, 0.25) is 0 Å². The summed E-state index contributed by atoms with van der Waals surface area (Å²) in [7, 11) is 0. The first-order valence-corrected chi connectivity index (χ1v) is 6.14. The van der Waals surface area contributed by atoms with Gasteiger partial charge in [0.15, 0.2) is 0 Å². The number of rotatable bonds is 6. The second-order valence-electron chi connectivity index (χ2n) is 4.35. The lowest BCUT2D eigenvalue weighted by atomic mass is 9.98. The quantitative estimate of drug-likeness (QED) is 0.468. The molecule has 0 aromatic heterocycles. The Balaban J connectivity index is 2.40. The number of benzene rings is 1. The Hall–Kier alpha value is -1.51. The van der Waals surface area contributed by atoms with E-state index in [9.17, 15) is 4.79 Å². The smallest absolute Gasteiger partial charge is 0.306 e. The molecule has 0 amide bonds. The molecule has 17 heavy (non-hydrogen) atoms. The maximum atomic E-state index is 11.5. The topological polar surface area (TPSA) is 52.3 Å². The van der Waals surface area contributed by atoms with Crippen LogP contribution in [0.3, 0.4) is 0 Å². The summed E-state index contributed by atoms with van der Waals surface area (Å²) >= 11 is 0. The highest BCUT2D eigenvalue weighted by Crippen LogP contribution is 2.20. The van der Waals surface area contributed by atoms with Gasteiger partial charge in [0.25, 0.3) is 0 Å². The average molecular weight is 235 g/mol. The van der Waals surface area contributed by atoms with Crippen LogP contribution in [0.15, 0.2) is 24.3 Å². The predicted molar refractivity (Wildman–Crippen MR) is 69.8 cm³/mol. The molecule has 0 spiro atoms. The number of anilines is 1. The molecule has 1 rings (SSSR count). The van der Waals surface area contributed by atoms with E-state index in [0.717, 1.165) is 24.1 Å². The third kappa shape index (κ3) is 4.89. The molecule has 1 atom stereocenters. The van der Waals surface area contributed by atoms with E-state index >= 15 is 0 Å². The zero-order valence-corrected chi connectivity index (χ0v) is 10.6. The lowest BCUT2D eigenvalue weighted by Crippen LogP contribution is -2.09. The normalized spacial score (nSPS) is 12.1. The highest BCUT2D eigenvalue weighted by molar-refractivity contribution is 5.70. The van der Waals surface area contributed by atoms with Crippen molar-refractivity contribution in [3.63, 3.8) is 0 Å². The third-order valence-electron chi connectivity index (χ3n) is 2.74. The maximum absolute atomic E-state index is 11.5. The largest absolute Gasteiger partial charge is 0.466 e. The number of hydrogen-bond donors (Lipinski definition) is 1. The number of carbonyl (C=O) groups excluding carboxylic acids is 1. The van der Waals surface area contributed by atoms with Crippen LogP contribution in [0.2, 0.25) is 0 Å². The first kappa shape index (κ1) is 13.6. The SMILES string of the molecule is CCCCOC(=O)CC(C)c1ccc(N)cc1. The van der Waals surface area contributed by atoms with Crippen molar-refractivity contribution in [2.45, 2.75) is 39.0 Å². The van der Waals surface area contributed by atoms with Crippen molar-refractivity contribution in [2.75, 3.05) is 12.3 Å².